The second-order valence-electron chi connectivity index (χ2n) is 11.1. The van der Waals surface area contributed by atoms with Crippen molar-refractivity contribution < 1.29 is 4.57 Å². The number of nitrogens with zero attached hydrogens (tertiary/aromatic N) is 2. The molecule has 0 saturated heterocycles. The van der Waals surface area contributed by atoms with Crippen LogP contribution in [0.2, 0.25) is 0 Å². The Hall–Kier alpha value is -2.35. The maximum absolute atomic E-state index is 2.69. The van der Waals surface area contributed by atoms with Crippen LogP contribution in [-0.2, 0) is 25.9 Å². The van der Waals surface area contributed by atoms with E-state index in [9.17, 15) is 0 Å². The molecule has 202 valence electrons. The van der Waals surface area contributed by atoms with Crippen LogP contribution in [0, 0.1) is 0 Å². The highest BCUT2D eigenvalue weighted by Gasteiger charge is 2.25. The van der Waals surface area contributed by atoms with Crippen molar-refractivity contribution in [3.63, 3.8) is 0 Å². The van der Waals surface area contributed by atoms with Gasteiger partial charge in [0, 0.05) is 6.42 Å². The van der Waals surface area contributed by atoms with Gasteiger partial charge in [0.2, 0.25) is 0 Å². The van der Waals surface area contributed by atoms with Crippen LogP contribution in [0.1, 0.15) is 126 Å². The molecule has 1 unspecified atom stereocenters. The van der Waals surface area contributed by atoms with Crippen LogP contribution in [0.15, 0.2) is 66.9 Å². The lowest BCUT2D eigenvalue weighted by Gasteiger charge is -2.12. The first-order valence-electron chi connectivity index (χ1n) is 15.4. The molecular formula is C35H53N2+. The highest BCUT2D eigenvalue weighted by Crippen LogP contribution is 2.22. The molecule has 0 amide bonds. The standard InChI is InChI=1S/C35H53N2/c1-4-6-8-9-10-11-12-13-21-26-36-30-34(28-31(3)33-24-18-15-19-25-33)37(27-20-7-5-2)35(36)29-32-22-16-14-17-23-32/h14-19,22-25,30-31H,4-13,20-21,26-29H2,1-3H3/q+1. The van der Waals surface area contributed by atoms with Crippen LogP contribution in [0.25, 0.3) is 0 Å². The summed E-state index contributed by atoms with van der Waals surface area (Å²) in [5, 5.41) is 0. The van der Waals surface area contributed by atoms with Crippen molar-refractivity contribution in [2.75, 3.05) is 0 Å². The lowest BCUT2D eigenvalue weighted by Crippen LogP contribution is -2.37. The minimum Gasteiger partial charge on any atom is -0.234 e. The zero-order chi connectivity index (χ0) is 26.1. The molecule has 2 aromatic carbocycles. The molecule has 3 rings (SSSR count). The molecule has 1 atom stereocenters. The molecule has 2 nitrogen and oxygen atoms in total. The van der Waals surface area contributed by atoms with Gasteiger partial charge in [-0.25, -0.2) is 9.13 Å². The Labute approximate surface area is 228 Å². The van der Waals surface area contributed by atoms with E-state index in [2.05, 4.69) is 96.8 Å². The summed E-state index contributed by atoms with van der Waals surface area (Å²) >= 11 is 0. The summed E-state index contributed by atoms with van der Waals surface area (Å²) < 4.78 is 5.31. The number of rotatable bonds is 19. The molecule has 0 radical (unpaired) electrons. The molecular weight excluding hydrogens is 448 g/mol. The van der Waals surface area contributed by atoms with Gasteiger partial charge < -0.3 is 0 Å². The van der Waals surface area contributed by atoms with Crippen LogP contribution in [-0.4, -0.2) is 4.57 Å². The van der Waals surface area contributed by atoms with Gasteiger partial charge in [-0.3, -0.25) is 0 Å². The van der Waals surface area contributed by atoms with Crippen molar-refractivity contribution in [3.05, 3.63) is 89.5 Å². The Morgan fingerprint density at radius 3 is 1.89 bits per heavy atom. The van der Waals surface area contributed by atoms with E-state index >= 15 is 0 Å². The van der Waals surface area contributed by atoms with E-state index in [1.807, 2.05) is 0 Å². The van der Waals surface area contributed by atoms with Crippen LogP contribution in [0.3, 0.4) is 0 Å². The predicted octanol–water partition coefficient (Wildman–Crippen LogP) is 9.43. The first kappa shape index (κ1) is 29.2. The van der Waals surface area contributed by atoms with Crippen LogP contribution in [0.4, 0.5) is 0 Å². The van der Waals surface area contributed by atoms with Crippen molar-refractivity contribution in [2.24, 2.45) is 0 Å². The number of unbranched alkanes of at least 4 members (excludes halogenated alkanes) is 10. The van der Waals surface area contributed by atoms with Gasteiger partial charge in [-0.15, -0.1) is 0 Å². The number of imidazole rings is 1. The van der Waals surface area contributed by atoms with E-state index in [0.29, 0.717) is 5.92 Å². The van der Waals surface area contributed by atoms with Crippen molar-refractivity contribution in [1.82, 2.24) is 4.57 Å². The fourth-order valence-corrected chi connectivity index (χ4v) is 5.58. The Morgan fingerprint density at radius 1 is 0.676 bits per heavy atom. The third-order valence-corrected chi connectivity index (χ3v) is 7.87. The van der Waals surface area contributed by atoms with Crippen molar-refractivity contribution >= 4 is 0 Å². The van der Waals surface area contributed by atoms with Gasteiger partial charge in [0.1, 0.15) is 11.9 Å². The Morgan fingerprint density at radius 2 is 1.24 bits per heavy atom. The van der Waals surface area contributed by atoms with E-state index in [-0.39, 0.29) is 0 Å². The maximum atomic E-state index is 2.69. The van der Waals surface area contributed by atoms with Gasteiger partial charge in [0.15, 0.2) is 0 Å². The largest absolute Gasteiger partial charge is 0.261 e. The van der Waals surface area contributed by atoms with Crippen LogP contribution in [0.5, 0.6) is 0 Å². The van der Waals surface area contributed by atoms with Crippen LogP contribution < -0.4 is 4.57 Å². The van der Waals surface area contributed by atoms with Gasteiger partial charge in [-0.2, -0.15) is 0 Å². The quantitative estimate of drug-likeness (QED) is 0.114. The summed E-state index contributed by atoms with van der Waals surface area (Å²) in [5.74, 6) is 2.02. The van der Waals surface area contributed by atoms with E-state index in [1.54, 1.807) is 0 Å². The maximum Gasteiger partial charge on any atom is 0.261 e. The topological polar surface area (TPSA) is 8.81 Å². The van der Waals surface area contributed by atoms with E-state index < -0.39 is 0 Å². The minimum absolute atomic E-state index is 0.520. The number of aryl methyl sites for hydroxylation is 1. The monoisotopic (exact) mass is 501 g/mol. The molecule has 0 aliphatic carbocycles. The van der Waals surface area contributed by atoms with Crippen molar-refractivity contribution in [1.29, 1.82) is 0 Å². The van der Waals surface area contributed by atoms with Gasteiger partial charge in [0.05, 0.1) is 19.5 Å². The second-order valence-corrected chi connectivity index (χ2v) is 11.1. The summed E-state index contributed by atoms with van der Waals surface area (Å²) in [6.07, 6.45) is 20.9. The fourth-order valence-electron chi connectivity index (χ4n) is 5.58. The summed E-state index contributed by atoms with van der Waals surface area (Å²) in [6.45, 7) is 9.28. The molecule has 0 bridgehead atoms. The lowest BCUT2D eigenvalue weighted by molar-refractivity contribution is -0.704. The Kier molecular flexibility index (Phi) is 13.6. The molecule has 1 aromatic heterocycles. The summed E-state index contributed by atoms with van der Waals surface area (Å²) in [4.78, 5) is 0. The average molecular weight is 502 g/mol. The smallest absolute Gasteiger partial charge is 0.234 e. The molecule has 2 heteroatoms. The van der Waals surface area contributed by atoms with E-state index in [0.717, 1.165) is 25.9 Å². The second kappa shape index (κ2) is 17.2. The number of hydrogen-bond donors (Lipinski definition) is 0. The third-order valence-electron chi connectivity index (χ3n) is 7.87. The summed E-state index contributed by atoms with van der Waals surface area (Å²) in [5.41, 5.74) is 4.37. The highest BCUT2D eigenvalue weighted by atomic mass is 15.2. The fraction of sp³-hybridized carbons (Fsp3) is 0.571. The normalized spacial score (nSPS) is 12.2. The number of aromatic nitrogens is 2. The molecule has 3 aromatic rings. The zero-order valence-corrected chi connectivity index (χ0v) is 24.1. The van der Waals surface area contributed by atoms with Gasteiger partial charge in [-0.1, -0.05) is 133 Å². The van der Waals surface area contributed by atoms with Crippen molar-refractivity contribution in [2.45, 2.75) is 130 Å². The van der Waals surface area contributed by atoms with Gasteiger partial charge in [-0.05, 0) is 42.7 Å². The number of benzene rings is 2. The summed E-state index contributed by atoms with van der Waals surface area (Å²) in [6, 6.07) is 22.1. The molecule has 0 spiro atoms. The number of hydrogen-bond acceptors (Lipinski definition) is 0. The zero-order valence-electron chi connectivity index (χ0n) is 24.1. The first-order chi connectivity index (χ1) is 18.2. The van der Waals surface area contributed by atoms with E-state index in [4.69, 9.17) is 0 Å². The molecule has 0 aliphatic rings. The first-order valence-corrected chi connectivity index (χ1v) is 15.4. The molecule has 1 heterocycles. The molecule has 37 heavy (non-hydrogen) atoms. The molecule has 0 N–H and O–H groups in total. The van der Waals surface area contributed by atoms with Gasteiger partial charge in [0.25, 0.3) is 5.82 Å². The lowest BCUT2D eigenvalue weighted by atomic mass is 9.96. The minimum atomic E-state index is 0.520. The SMILES string of the molecule is CCCCCCCCCCC[n+]1cc(CC(C)c2ccccc2)n(CCCCC)c1Cc1ccccc1. The van der Waals surface area contributed by atoms with Crippen molar-refractivity contribution in [3.8, 4) is 0 Å². The highest BCUT2D eigenvalue weighted by molar-refractivity contribution is 5.22. The molecule has 0 fully saturated rings. The Balaban J connectivity index is 1.73. The molecule has 0 aliphatic heterocycles. The van der Waals surface area contributed by atoms with Crippen LogP contribution >= 0.6 is 0 Å². The third kappa shape index (κ3) is 10.1. The Bertz CT molecular complexity index is 973. The average Bonchev–Trinajstić information content (AvgIpc) is 3.24. The van der Waals surface area contributed by atoms with E-state index in [1.165, 1.54) is 99.7 Å². The molecule has 0 saturated carbocycles. The summed E-state index contributed by atoms with van der Waals surface area (Å²) in [7, 11) is 0. The predicted molar refractivity (Wildman–Crippen MR) is 159 cm³/mol. The van der Waals surface area contributed by atoms with Gasteiger partial charge >= 0.3 is 0 Å².